The zero-order chi connectivity index (χ0) is 13.5. The number of benzene rings is 2. The van der Waals surface area contributed by atoms with Crippen LogP contribution >= 0.6 is 0 Å². The van der Waals surface area contributed by atoms with Crippen LogP contribution in [0.3, 0.4) is 0 Å². The molecule has 0 aromatic heterocycles. The van der Waals surface area contributed by atoms with E-state index in [-0.39, 0.29) is 11.5 Å². The highest BCUT2D eigenvalue weighted by atomic mass is 16.3. The van der Waals surface area contributed by atoms with E-state index in [2.05, 4.69) is 0 Å². The highest BCUT2D eigenvalue weighted by molar-refractivity contribution is 6.06. The molecule has 0 unspecified atom stereocenters. The van der Waals surface area contributed by atoms with E-state index < -0.39 is 0 Å². The molecule has 0 fully saturated rings. The van der Waals surface area contributed by atoms with Gasteiger partial charge in [0.05, 0.1) is 5.56 Å². The van der Waals surface area contributed by atoms with E-state index >= 15 is 0 Å². The molecule has 0 saturated heterocycles. The van der Waals surface area contributed by atoms with Crippen molar-refractivity contribution in [1.82, 2.24) is 0 Å². The van der Waals surface area contributed by atoms with E-state index in [0.29, 0.717) is 5.56 Å². The second kappa shape index (κ2) is 6.36. The van der Waals surface area contributed by atoms with Gasteiger partial charge in [-0.2, -0.15) is 0 Å². The largest absolute Gasteiger partial charge is 0.507 e. The summed E-state index contributed by atoms with van der Waals surface area (Å²) in [6, 6.07) is 16.3. The molecule has 0 aliphatic carbocycles. The fourth-order valence-electron chi connectivity index (χ4n) is 1.65. The van der Waals surface area contributed by atoms with Gasteiger partial charge in [-0.1, -0.05) is 60.7 Å². The molecule has 1 N–H and O–H groups in total. The third kappa shape index (κ3) is 3.68. The third-order valence-corrected chi connectivity index (χ3v) is 2.62. The van der Waals surface area contributed by atoms with E-state index in [9.17, 15) is 9.90 Å². The molecule has 2 heteroatoms. The maximum Gasteiger partial charge on any atom is 0.189 e. The van der Waals surface area contributed by atoms with E-state index in [0.717, 1.165) is 5.56 Å². The fraction of sp³-hybridized carbons (Fsp3) is 0. The average molecular weight is 250 g/mol. The molecular formula is C17H14O2. The Balaban J connectivity index is 2.02. The molecule has 2 nitrogen and oxygen atoms in total. The molecule has 0 heterocycles. The highest BCUT2D eigenvalue weighted by Gasteiger charge is 2.05. The van der Waals surface area contributed by atoms with E-state index in [1.54, 1.807) is 30.4 Å². The molecule has 0 spiro atoms. The minimum absolute atomic E-state index is 0.00388. The number of para-hydroxylation sites is 1. The van der Waals surface area contributed by atoms with E-state index in [4.69, 9.17) is 0 Å². The molecule has 0 bridgehead atoms. The summed E-state index contributed by atoms with van der Waals surface area (Å²) in [7, 11) is 0. The quantitative estimate of drug-likeness (QED) is 0.508. The normalized spacial score (nSPS) is 11.2. The van der Waals surface area contributed by atoms with Crippen LogP contribution in [0.4, 0.5) is 0 Å². The van der Waals surface area contributed by atoms with E-state index in [1.165, 1.54) is 12.1 Å². The number of allylic oxidation sites excluding steroid dienone is 3. The zero-order valence-electron chi connectivity index (χ0n) is 10.4. The van der Waals surface area contributed by atoms with Crippen molar-refractivity contribution in [3.05, 3.63) is 84.0 Å². The topological polar surface area (TPSA) is 37.3 Å². The van der Waals surface area contributed by atoms with Crippen LogP contribution in [-0.4, -0.2) is 10.9 Å². The van der Waals surface area contributed by atoms with E-state index in [1.807, 2.05) is 36.4 Å². The first-order valence-corrected chi connectivity index (χ1v) is 5.99. The zero-order valence-corrected chi connectivity index (χ0v) is 10.4. The van der Waals surface area contributed by atoms with Crippen LogP contribution in [0.15, 0.2) is 72.8 Å². The van der Waals surface area contributed by atoms with Crippen LogP contribution in [0.25, 0.3) is 6.08 Å². The lowest BCUT2D eigenvalue weighted by Gasteiger charge is -1.98. The summed E-state index contributed by atoms with van der Waals surface area (Å²) in [6.45, 7) is 0. The smallest absolute Gasteiger partial charge is 0.189 e. The summed E-state index contributed by atoms with van der Waals surface area (Å²) in [5.41, 5.74) is 1.38. The SMILES string of the molecule is O=C(C=CC=Cc1ccccc1)c1ccccc1O. The number of rotatable bonds is 4. The molecule has 0 radical (unpaired) electrons. The van der Waals surface area contributed by atoms with Gasteiger partial charge in [-0.15, -0.1) is 0 Å². The van der Waals surface area contributed by atoms with Crippen molar-refractivity contribution in [3.63, 3.8) is 0 Å². The molecule has 2 aromatic carbocycles. The van der Waals surface area contributed by atoms with Crippen molar-refractivity contribution < 1.29 is 9.90 Å². The first-order chi connectivity index (χ1) is 9.27. The molecule has 0 atom stereocenters. The van der Waals surface area contributed by atoms with Crippen LogP contribution in [-0.2, 0) is 0 Å². The van der Waals surface area contributed by atoms with Crippen molar-refractivity contribution in [2.75, 3.05) is 0 Å². The van der Waals surface area contributed by atoms with Gasteiger partial charge >= 0.3 is 0 Å². The highest BCUT2D eigenvalue weighted by Crippen LogP contribution is 2.16. The predicted octanol–water partition coefficient (Wildman–Crippen LogP) is 3.84. The van der Waals surface area contributed by atoms with Crippen LogP contribution in [0, 0.1) is 0 Å². The Kier molecular flexibility index (Phi) is 4.29. The van der Waals surface area contributed by atoms with Crippen LogP contribution in [0.5, 0.6) is 5.75 Å². The van der Waals surface area contributed by atoms with Crippen molar-refractivity contribution in [1.29, 1.82) is 0 Å². The lowest BCUT2D eigenvalue weighted by atomic mass is 10.1. The first kappa shape index (κ1) is 12.8. The first-order valence-electron chi connectivity index (χ1n) is 5.99. The van der Waals surface area contributed by atoms with Gasteiger partial charge in [0.2, 0.25) is 0 Å². The Labute approximate surface area is 112 Å². The molecule has 0 aliphatic heterocycles. The monoisotopic (exact) mass is 250 g/mol. The number of hydrogen-bond donors (Lipinski definition) is 1. The van der Waals surface area contributed by atoms with Crippen LogP contribution in [0.2, 0.25) is 0 Å². The van der Waals surface area contributed by atoms with Crippen molar-refractivity contribution in [2.24, 2.45) is 0 Å². The fourth-order valence-corrected chi connectivity index (χ4v) is 1.65. The second-order valence-corrected chi connectivity index (χ2v) is 4.01. The Morgan fingerprint density at radius 1 is 0.895 bits per heavy atom. The summed E-state index contributed by atoms with van der Waals surface area (Å²) in [6.07, 6.45) is 6.82. The number of phenols is 1. The number of carbonyl (C=O) groups is 1. The molecular weight excluding hydrogens is 236 g/mol. The Morgan fingerprint density at radius 3 is 2.32 bits per heavy atom. The van der Waals surface area contributed by atoms with Gasteiger partial charge in [0.25, 0.3) is 0 Å². The van der Waals surface area contributed by atoms with Crippen LogP contribution < -0.4 is 0 Å². The maximum atomic E-state index is 11.8. The van der Waals surface area contributed by atoms with Gasteiger partial charge in [0.15, 0.2) is 5.78 Å². The van der Waals surface area contributed by atoms with Gasteiger partial charge in [-0.3, -0.25) is 4.79 Å². The van der Waals surface area contributed by atoms with Crippen LogP contribution in [0.1, 0.15) is 15.9 Å². The maximum absolute atomic E-state index is 11.8. The lowest BCUT2D eigenvalue weighted by molar-refractivity contribution is 0.104. The lowest BCUT2D eigenvalue weighted by Crippen LogP contribution is -1.93. The number of ketones is 1. The van der Waals surface area contributed by atoms with Gasteiger partial charge in [-0.25, -0.2) is 0 Å². The molecule has 0 aliphatic rings. The Morgan fingerprint density at radius 2 is 1.58 bits per heavy atom. The molecule has 2 rings (SSSR count). The van der Waals surface area contributed by atoms with Crippen molar-refractivity contribution >= 4 is 11.9 Å². The minimum atomic E-state index is -0.212. The van der Waals surface area contributed by atoms with Gasteiger partial charge in [0, 0.05) is 0 Å². The summed E-state index contributed by atoms with van der Waals surface area (Å²) in [4.78, 5) is 11.8. The standard InChI is InChI=1S/C17H14O2/c18-16(15-11-5-7-13-17(15)19)12-6-4-10-14-8-2-1-3-9-14/h1-13,19H. The summed E-state index contributed by atoms with van der Waals surface area (Å²) >= 11 is 0. The number of phenolic OH excluding ortho intramolecular Hbond substituents is 1. The van der Waals surface area contributed by atoms with Crippen molar-refractivity contribution in [3.8, 4) is 5.75 Å². The number of carbonyl (C=O) groups excluding carboxylic acids is 1. The average Bonchev–Trinajstić information content (AvgIpc) is 2.45. The van der Waals surface area contributed by atoms with Crippen molar-refractivity contribution in [2.45, 2.75) is 0 Å². The Hall–Kier alpha value is -2.61. The predicted molar refractivity (Wildman–Crippen MR) is 77.1 cm³/mol. The van der Waals surface area contributed by atoms with Gasteiger partial charge in [-0.05, 0) is 23.8 Å². The van der Waals surface area contributed by atoms with Gasteiger partial charge in [0.1, 0.15) is 5.75 Å². The number of hydrogen-bond acceptors (Lipinski definition) is 2. The number of aromatic hydroxyl groups is 1. The minimum Gasteiger partial charge on any atom is -0.507 e. The molecule has 94 valence electrons. The van der Waals surface area contributed by atoms with Gasteiger partial charge < -0.3 is 5.11 Å². The molecule has 0 saturated carbocycles. The Bertz CT molecular complexity index is 610. The molecule has 2 aromatic rings. The summed E-state index contributed by atoms with van der Waals surface area (Å²) in [5.74, 6) is -0.208. The molecule has 19 heavy (non-hydrogen) atoms. The summed E-state index contributed by atoms with van der Waals surface area (Å²) in [5, 5.41) is 9.54. The molecule has 0 amide bonds. The second-order valence-electron chi connectivity index (χ2n) is 4.01. The summed E-state index contributed by atoms with van der Waals surface area (Å²) < 4.78 is 0. The third-order valence-electron chi connectivity index (χ3n) is 2.62.